The van der Waals surface area contributed by atoms with Crippen molar-refractivity contribution in [2.24, 2.45) is 0 Å². The molecule has 1 aliphatic carbocycles. The van der Waals surface area contributed by atoms with Gasteiger partial charge in [-0.25, -0.2) is 0 Å². The summed E-state index contributed by atoms with van der Waals surface area (Å²) in [5.74, 6) is 0. The van der Waals surface area contributed by atoms with E-state index in [1.165, 1.54) is 17.5 Å². The van der Waals surface area contributed by atoms with Crippen molar-refractivity contribution in [2.75, 3.05) is 0 Å². The van der Waals surface area contributed by atoms with Crippen LogP contribution < -0.4 is 0 Å². The van der Waals surface area contributed by atoms with Crippen LogP contribution in [0.4, 0.5) is 0 Å². The Labute approximate surface area is 108 Å². The fourth-order valence-electron chi connectivity index (χ4n) is 2.71. The molecule has 0 spiro atoms. The lowest BCUT2D eigenvalue weighted by Crippen LogP contribution is -2.33. The van der Waals surface area contributed by atoms with Crippen molar-refractivity contribution in [3.63, 3.8) is 0 Å². The van der Waals surface area contributed by atoms with E-state index < -0.39 is 0 Å². The van der Waals surface area contributed by atoms with Crippen molar-refractivity contribution in [3.05, 3.63) is 34.9 Å². The molecule has 0 heterocycles. The molecule has 1 aromatic rings. The van der Waals surface area contributed by atoms with Crippen LogP contribution in [0.1, 0.15) is 62.0 Å². The second-order valence-corrected chi connectivity index (χ2v) is 6.65. The molecule has 2 heteroatoms. The molecule has 0 aromatic heterocycles. The average Bonchev–Trinajstić information content (AvgIpc) is 2.24. The molecule has 0 saturated carbocycles. The van der Waals surface area contributed by atoms with Crippen LogP contribution in [0.15, 0.2) is 18.2 Å². The Morgan fingerprint density at radius 3 is 2.12 bits per heavy atom. The SMILES string of the molecule is CC1(C)CCC(C)(C)c2cc(C(=O)Cl)ccc21. The summed E-state index contributed by atoms with van der Waals surface area (Å²) in [5, 5.41) is -0.369. The van der Waals surface area contributed by atoms with E-state index in [1.807, 2.05) is 12.1 Å². The van der Waals surface area contributed by atoms with E-state index >= 15 is 0 Å². The topological polar surface area (TPSA) is 17.1 Å². The van der Waals surface area contributed by atoms with E-state index in [0.29, 0.717) is 5.56 Å². The second kappa shape index (κ2) is 3.84. The fourth-order valence-corrected chi connectivity index (χ4v) is 2.83. The van der Waals surface area contributed by atoms with E-state index in [4.69, 9.17) is 11.6 Å². The third-order valence-corrected chi connectivity index (χ3v) is 4.30. The van der Waals surface area contributed by atoms with Gasteiger partial charge >= 0.3 is 0 Å². The minimum absolute atomic E-state index is 0.132. The number of benzene rings is 1. The summed E-state index contributed by atoms with van der Waals surface area (Å²) in [5.41, 5.74) is 3.57. The van der Waals surface area contributed by atoms with Gasteiger partial charge in [0.1, 0.15) is 0 Å². The summed E-state index contributed by atoms with van der Waals surface area (Å²) in [7, 11) is 0. The van der Waals surface area contributed by atoms with Crippen LogP contribution in [-0.2, 0) is 10.8 Å². The summed E-state index contributed by atoms with van der Waals surface area (Å²) in [4.78, 5) is 11.3. The van der Waals surface area contributed by atoms with Gasteiger partial charge in [0, 0.05) is 5.56 Å². The van der Waals surface area contributed by atoms with Crippen LogP contribution >= 0.6 is 11.6 Å². The van der Waals surface area contributed by atoms with Gasteiger partial charge in [0.2, 0.25) is 0 Å². The van der Waals surface area contributed by atoms with Crippen LogP contribution in [0.2, 0.25) is 0 Å². The first-order valence-corrected chi connectivity index (χ1v) is 6.47. The highest BCUT2D eigenvalue weighted by molar-refractivity contribution is 6.67. The van der Waals surface area contributed by atoms with Gasteiger partial charge in [-0.05, 0) is 58.5 Å². The molecule has 1 aromatic carbocycles. The average molecular weight is 251 g/mol. The van der Waals surface area contributed by atoms with Gasteiger partial charge in [-0.15, -0.1) is 0 Å². The highest BCUT2D eigenvalue weighted by Crippen LogP contribution is 2.45. The number of rotatable bonds is 1. The summed E-state index contributed by atoms with van der Waals surface area (Å²) in [6.07, 6.45) is 2.33. The number of carbonyl (C=O) groups is 1. The maximum atomic E-state index is 11.3. The highest BCUT2D eigenvalue weighted by atomic mass is 35.5. The monoisotopic (exact) mass is 250 g/mol. The number of carbonyl (C=O) groups excluding carboxylic acids is 1. The molecule has 0 amide bonds. The third kappa shape index (κ3) is 2.13. The quantitative estimate of drug-likeness (QED) is 0.675. The second-order valence-electron chi connectivity index (χ2n) is 6.30. The molecule has 0 N–H and O–H groups in total. The molecule has 0 radical (unpaired) electrons. The molecule has 1 nitrogen and oxygen atoms in total. The lowest BCUT2D eigenvalue weighted by atomic mass is 9.63. The van der Waals surface area contributed by atoms with Crippen molar-refractivity contribution in [1.82, 2.24) is 0 Å². The Morgan fingerprint density at radius 2 is 1.59 bits per heavy atom. The third-order valence-electron chi connectivity index (χ3n) is 4.08. The van der Waals surface area contributed by atoms with E-state index in [-0.39, 0.29) is 16.1 Å². The lowest BCUT2D eigenvalue weighted by molar-refractivity contribution is 0.108. The molecule has 0 saturated heterocycles. The first-order chi connectivity index (χ1) is 7.74. The van der Waals surface area contributed by atoms with Gasteiger partial charge in [0.15, 0.2) is 0 Å². The molecule has 92 valence electrons. The molecule has 0 fully saturated rings. The minimum atomic E-state index is -0.369. The molecular weight excluding hydrogens is 232 g/mol. The van der Waals surface area contributed by atoms with Crippen LogP contribution in [-0.4, -0.2) is 5.24 Å². The van der Waals surface area contributed by atoms with Crippen molar-refractivity contribution < 1.29 is 4.79 Å². The zero-order valence-corrected chi connectivity index (χ0v) is 11.7. The van der Waals surface area contributed by atoms with Gasteiger partial charge in [-0.1, -0.05) is 33.8 Å². The van der Waals surface area contributed by atoms with Crippen LogP contribution in [0, 0.1) is 0 Å². The largest absolute Gasteiger partial charge is 0.276 e. The smallest absolute Gasteiger partial charge is 0.252 e. The van der Waals surface area contributed by atoms with Crippen molar-refractivity contribution in [3.8, 4) is 0 Å². The number of hydrogen-bond donors (Lipinski definition) is 0. The number of fused-ring (bicyclic) bond motifs is 1. The van der Waals surface area contributed by atoms with Gasteiger partial charge in [0.25, 0.3) is 5.24 Å². The molecule has 0 atom stereocenters. The predicted molar refractivity (Wildman–Crippen MR) is 71.9 cm³/mol. The maximum absolute atomic E-state index is 11.3. The molecule has 17 heavy (non-hydrogen) atoms. The minimum Gasteiger partial charge on any atom is -0.276 e. The van der Waals surface area contributed by atoms with E-state index in [2.05, 4.69) is 33.8 Å². The molecular formula is C15H19ClO. The first-order valence-electron chi connectivity index (χ1n) is 6.09. The summed E-state index contributed by atoms with van der Waals surface area (Å²) in [6.45, 7) is 9.01. The molecule has 1 aliphatic rings. The zero-order chi connectivity index (χ0) is 12.8. The first kappa shape index (κ1) is 12.6. The van der Waals surface area contributed by atoms with Crippen LogP contribution in [0.3, 0.4) is 0 Å². The van der Waals surface area contributed by atoms with Crippen LogP contribution in [0.5, 0.6) is 0 Å². The summed E-state index contributed by atoms with van der Waals surface area (Å²) >= 11 is 5.57. The lowest BCUT2D eigenvalue weighted by Gasteiger charge is -2.41. The fraction of sp³-hybridized carbons (Fsp3) is 0.533. The van der Waals surface area contributed by atoms with Crippen molar-refractivity contribution in [1.29, 1.82) is 0 Å². The predicted octanol–water partition coefficient (Wildman–Crippen LogP) is 4.41. The number of hydrogen-bond acceptors (Lipinski definition) is 1. The summed E-state index contributed by atoms with van der Waals surface area (Å²) in [6, 6.07) is 5.90. The molecule has 0 bridgehead atoms. The number of halogens is 1. The highest BCUT2D eigenvalue weighted by Gasteiger charge is 2.37. The van der Waals surface area contributed by atoms with Crippen LogP contribution in [0.25, 0.3) is 0 Å². The Bertz CT molecular complexity index is 472. The Hall–Kier alpha value is -0.820. The van der Waals surface area contributed by atoms with E-state index in [1.54, 1.807) is 0 Å². The molecule has 0 aliphatic heterocycles. The maximum Gasteiger partial charge on any atom is 0.252 e. The normalized spacial score (nSPS) is 20.8. The summed E-state index contributed by atoms with van der Waals surface area (Å²) < 4.78 is 0. The van der Waals surface area contributed by atoms with Gasteiger partial charge in [0.05, 0.1) is 0 Å². The van der Waals surface area contributed by atoms with E-state index in [9.17, 15) is 4.79 Å². The standard InChI is InChI=1S/C15H19ClO/c1-14(2)7-8-15(3,4)12-9-10(13(16)17)5-6-11(12)14/h5-6,9H,7-8H2,1-4H3. The Balaban J connectivity index is 2.64. The van der Waals surface area contributed by atoms with Gasteiger partial charge < -0.3 is 0 Å². The Morgan fingerprint density at radius 1 is 1.06 bits per heavy atom. The zero-order valence-electron chi connectivity index (χ0n) is 10.9. The van der Waals surface area contributed by atoms with Crippen molar-refractivity contribution >= 4 is 16.8 Å². The van der Waals surface area contributed by atoms with Gasteiger partial charge in [-0.2, -0.15) is 0 Å². The molecule has 2 rings (SSSR count). The van der Waals surface area contributed by atoms with E-state index in [0.717, 1.165) is 6.42 Å². The molecule has 0 unspecified atom stereocenters. The Kier molecular flexibility index (Phi) is 2.86. The van der Waals surface area contributed by atoms with Gasteiger partial charge in [-0.3, -0.25) is 4.79 Å². The van der Waals surface area contributed by atoms with Crippen molar-refractivity contribution in [2.45, 2.75) is 51.4 Å².